The summed E-state index contributed by atoms with van der Waals surface area (Å²) < 4.78 is 24.6. The zero-order valence-corrected chi connectivity index (χ0v) is 14.9. The number of rotatable bonds is 6. The normalized spacial score (nSPS) is 17.6. The van der Waals surface area contributed by atoms with Gasteiger partial charge in [0.1, 0.15) is 17.3 Å². The van der Waals surface area contributed by atoms with Crippen molar-refractivity contribution in [3.8, 4) is 11.5 Å². The Morgan fingerprint density at radius 2 is 2.08 bits per heavy atom. The van der Waals surface area contributed by atoms with Gasteiger partial charge in [-0.2, -0.15) is 0 Å². The van der Waals surface area contributed by atoms with E-state index in [-0.39, 0.29) is 17.6 Å². The zero-order valence-electron chi connectivity index (χ0n) is 14.9. The van der Waals surface area contributed by atoms with E-state index in [2.05, 4.69) is 10.6 Å². The molecule has 26 heavy (non-hydrogen) atoms. The Labute approximate surface area is 152 Å². The molecule has 2 unspecified atom stereocenters. The fourth-order valence-electron chi connectivity index (χ4n) is 3.23. The summed E-state index contributed by atoms with van der Waals surface area (Å²) in [5.41, 5.74) is 1.37. The summed E-state index contributed by atoms with van der Waals surface area (Å²) in [5.74, 6) is 0.644. The van der Waals surface area contributed by atoms with E-state index in [0.29, 0.717) is 23.6 Å². The molecule has 0 spiro atoms. The molecule has 2 atom stereocenters. The lowest BCUT2D eigenvalue weighted by molar-refractivity contribution is -0.124. The summed E-state index contributed by atoms with van der Waals surface area (Å²) in [6.45, 7) is 1.47. The van der Waals surface area contributed by atoms with Crippen molar-refractivity contribution < 1.29 is 18.7 Å². The van der Waals surface area contributed by atoms with Gasteiger partial charge in [-0.1, -0.05) is 12.1 Å². The largest absolute Gasteiger partial charge is 0.497 e. The summed E-state index contributed by atoms with van der Waals surface area (Å²) >= 11 is 0. The first-order chi connectivity index (χ1) is 12.6. The smallest absolute Gasteiger partial charge is 0.225 e. The van der Waals surface area contributed by atoms with E-state index in [9.17, 15) is 9.18 Å². The minimum atomic E-state index is -0.538. The molecular formula is C20H23FN2O3. The van der Waals surface area contributed by atoms with Gasteiger partial charge in [0.15, 0.2) is 0 Å². The molecule has 2 aromatic carbocycles. The van der Waals surface area contributed by atoms with Gasteiger partial charge in [-0.3, -0.25) is 4.79 Å². The number of amides is 1. The topological polar surface area (TPSA) is 59.6 Å². The highest BCUT2D eigenvalue weighted by Crippen LogP contribution is 2.32. The molecule has 2 aromatic rings. The second-order valence-electron chi connectivity index (χ2n) is 6.29. The van der Waals surface area contributed by atoms with Gasteiger partial charge in [-0.15, -0.1) is 0 Å². The van der Waals surface area contributed by atoms with Crippen LogP contribution < -0.4 is 20.1 Å². The van der Waals surface area contributed by atoms with Crippen LogP contribution in [0.1, 0.15) is 23.6 Å². The van der Waals surface area contributed by atoms with Crippen molar-refractivity contribution in [3.63, 3.8) is 0 Å². The number of methoxy groups -OCH3 is 2. The number of hydrogen-bond donors (Lipinski definition) is 2. The molecular weight excluding hydrogens is 335 g/mol. The van der Waals surface area contributed by atoms with Crippen molar-refractivity contribution in [2.45, 2.75) is 12.5 Å². The van der Waals surface area contributed by atoms with Crippen LogP contribution in [-0.4, -0.2) is 33.2 Å². The van der Waals surface area contributed by atoms with Crippen LogP contribution in [0.25, 0.3) is 0 Å². The predicted octanol–water partition coefficient (Wildman–Crippen LogP) is 2.66. The SMILES string of the molecule is COc1cccc(C(NC(=O)C2CCNC2)c2cc(F)ccc2OC)c1. The van der Waals surface area contributed by atoms with Gasteiger partial charge in [-0.25, -0.2) is 4.39 Å². The van der Waals surface area contributed by atoms with Crippen LogP contribution in [0.5, 0.6) is 11.5 Å². The summed E-state index contributed by atoms with van der Waals surface area (Å²) in [5, 5.41) is 6.25. The summed E-state index contributed by atoms with van der Waals surface area (Å²) in [7, 11) is 3.11. The summed E-state index contributed by atoms with van der Waals surface area (Å²) in [4.78, 5) is 12.7. The maximum atomic E-state index is 13.9. The van der Waals surface area contributed by atoms with Crippen LogP contribution >= 0.6 is 0 Å². The lowest BCUT2D eigenvalue weighted by Crippen LogP contribution is -2.35. The van der Waals surface area contributed by atoms with Crippen molar-refractivity contribution in [3.05, 3.63) is 59.4 Å². The number of hydrogen-bond acceptors (Lipinski definition) is 4. The first-order valence-corrected chi connectivity index (χ1v) is 8.61. The molecule has 0 bridgehead atoms. The van der Waals surface area contributed by atoms with Gasteiger partial charge in [0.25, 0.3) is 0 Å². The molecule has 6 heteroatoms. The van der Waals surface area contributed by atoms with Gasteiger partial charge in [-0.05, 0) is 48.9 Å². The first-order valence-electron chi connectivity index (χ1n) is 8.61. The van der Waals surface area contributed by atoms with Crippen molar-refractivity contribution >= 4 is 5.91 Å². The molecule has 1 aliphatic rings. The molecule has 0 saturated carbocycles. The molecule has 1 fully saturated rings. The predicted molar refractivity (Wildman–Crippen MR) is 96.9 cm³/mol. The van der Waals surface area contributed by atoms with E-state index in [1.807, 2.05) is 24.3 Å². The molecule has 0 radical (unpaired) electrons. The second-order valence-corrected chi connectivity index (χ2v) is 6.29. The fourth-order valence-corrected chi connectivity index (χ4v) is 3.23. The molecule has 1 saturated heterocycles. The Morgan fingerprint density at radius 3 is 2.77 bits per heavy atom. The van der Waals surface area contributed by atoms with Crippen LogP contribution in [0.15, 0.2) is 42.5 Å². The number of halogens is 1. The minimum absolute atomic E-state index is 0.0610. The molecule has 2 N–H and O–H groups in total. The average Bonchev–Trinajstić information content (AvgIpc) is 3.21. The summed E-state index contributed by atoms with van der Waals surface area (Å²) in [6.07, 6.45) is 0.789. The standard InChI is InChI=1S/C20H23FN2O3/c1-25-16-5-3-4-13(10-16)19(23-20(24)14-8-9-22-12-14)17-11-15(21)6-7-18(17)26-2/h3-7,10-11,14,19,22H,8-9,12H2,1-2H3,(H,23,24). The molecule has 1 aliphatic heterocycles. The van der Waals surface area contributed by atoms with Crippen molar-refractivity contribution in [2.75, 3.05) is 27.3 Å². The third kappa shape index (κ3) is 3.96. The third-order valence-corrected chi connectivity index (χ3v) is 4.65. The van der Waals surface area contributed by atoms with Crippen molar-refractivity contribution in [1.82, 2.24) is 10.6 Å². The van der Waals surface area contributed by atoms with E-state index >= 15 is 0 Å². The Hall–Kier alpha value is -2.60. The highest BCUT2D eigenvalue weighted by Gasteiger charge is 2.27. The Bertz CT molecular complexity index is 775. The average molecular weight is 358 g/mol. The second kappa shape index (κ2) is 8.19. The monoisotopic (exact) mass is 358 g/mol. The van der Waals surface area contributed by atoms with E-state index in [4.69, 9.17) is 9.47 Å². The lowest BCUT2D eigenvalue weighted by atomic mass is 9.96. The van der Waals surface area contributed by atoms with Crippen LogP contribution in [0, 0.1) is 11.7 Å². The number of carbonyl (C=O) groups is 1. The zero-order chi connectivity index (χ0) is 18.5. The van der Waals surface area contributed by atoms with E-state index in [0.717, 1.165) is 18.5 Å². The molecule has 1 heterocycles. The van der Waals surface area contributed by atoms with Crippen LogP contribution in [-0.2, 0) is 4.79 Å². The summed E-state index contributed by atoms with van der Waals surface area (Å²) in [6, 6.07) is 11.2. The van der Waals surface area contributed by atoms with E-state index < -0.39 is 6.04 Å². The molecule has 0 aliphatic carbocycles. The van der Waals surface area contributed by atoms with Gasteiger partial charge >= 0.3 is 0 Å². The number of carbonyl (C=O) groups excluding carboxylic acids is 1. The molecule has 0 aromatic heterocycles. The maximum absolute atomic E-state index is 13.9. The molecule has 3 rings (SSSR count). The minimum Gasteiger partial charge on any atom is -0.497 e. The van der Waals surface area contributed by atoms with Crippen LogP contribution in [0.2, 0.25) is 0 Å². The molecule has 5 nitrogen and oxygen atoms in total. The molecule has 1 amide bonds. The quantitative estimate of drug-likeness (QED) is 0.834. The Kier molecular flexibility index (Phi) is 5.73. The number of ether oxygens (including phenoxy) is 2. The Morgan fingerprint density at radius 1 is 1.23 bits per heavy atom. The van der Waals surface area contributed by atoms with Crippen molar-refractivity contribution in [2.24, 2.45) is 5.92 Å². The highest BCUT2D eigenvalue weighted by atomic mass is 19.1. The van der Waals surface area contributed by atoms with Gasteiger partial charge in [0, 0.05) is 12.1 Å². The Balaban J connectivity index is 2.00. The third-order valence-electron chi connectivity index (χ3n) is 4.65. The first kappa shape index (κ1) is 18.2. The van der Waals surface area contributed by atoms with E-state index in [1.165, 1.54) is 19.2 Å². The van der Waals surface area contributed by atoms with Gasteiger partial charge in [0.05, 0.1) is 26.2 Å². The molecule has 138 valence electrons. The number of nitrogens with one attached hydrogen (secondary N) is 2. The van der Waals surface area contributed by atoms with Crippen LogP contribution in [0.3, 0.4) is 0 Å². The van der Waals surface area contributed by atoms with E-state index in [1.54, 1.807) is 13.2 Å². The van der Waals surface area contributed by atoms with Crippen molar-refractivity contribution in [1.29, 1.82) is 0 Å². The maximum Gasteiger partial charge on any atom is 0.225 e. The number of benzene rings is 2. The van der Waals surface area contributed by atoms with Gasteiger partial charge < -0.3 is 20.1 Å². The van der Waals surface area contributed by atoms with Crippen LogP contribution in [0.4, 0.5) is 4.39 Å². The lowest BCUT2D eigenvalue weighted by Gasteiger charge is -2.24. The highest BCUT2D eigenvalue weighted by molar-refractivity contribution is 5.80. The fraction of sp³-hybridized carbons (Fsp3) is 0.350. The van der Waals surface area contributed by atoms with Gasteiger partial charge in [0.2, 0.25) is 5.91 Å².